The van der Waals surface area contributed by atoms with Gasteiger partial charge in [0.2, 0.25) is 11.8 Å². The second kappa shape index (κ2) is 14.4. The van der Waals surface area contributed by atoms with E-state index in [2.05, 4.69) is 18.5 Å². The fourth-order valence-electron chi connectivity index (χ4n) is 7.69. The summed E-state index contributed by atoms with van der Waals surface area (Å²) in [6, 6.07) is 11.9. The van der Waals surface area contributed by atoms with Gasteiger partial charge in [0, 0.05) is 18.7 Å². The standard InChI is InChI=1S/C37H47N3O7/c1-6-8-13-30(42)38-21-24(5)46-36(45)31-29-16-17-37(47-29)32(31)34(43)40(28(22-41)19-23(3)4)33(37)35(44)39(18-7-2)27-15-14-25-11-9-10-12-26(25)20-27/h6-7,9-12,14-15,20,23-24,28-29,31-33,41H,1-2,8,13,16-19,21-22H2,3-5H3,(H,38,42)/t24-,28+,29+,31-,32-,33+,37-/m0/s1. The minimum atomic E-state index is -1.26. The molecule has 2 aromatic rings. The van der Waals surface area contributed by atoms with Gasteiger partial charge in [-0.15, -0.1) is 13.2 Å². The van der Waals surface area contributed by atoms with E-state index in [1.165, 1.54) is 4.90 Å². The second-order valence-corrected chi connectivity index (χ2v) is 13.4. The molecule has 0 aliphatic carbocycles. The maximum absolute atomic E-state index is 14.9. The van der Waals surface area contributed by atoms with Gasteiger partial charge in [-0.3, -0.25) is 19.2 Å². The Kier molecular flexibility index (Phi) is 10.5. The molecule has 0 saturated carbocycles. The molecule has 3 amide bonds. The summed E-state index contributed by atoms with van der Waals surface area (Å²) in [5, 5.41) is 15.4. The average Bonchev–Trinajstić information content (AvgIpc) is 3.70. The van der Waals surface area contributed by atoms with Crippen molar-refractivity contribution in [3.8, 4) is 0 Å². The second-order valence-electron chi connectivity index (χ2n) is 13.4. The van der Waals surface area contributed by atoms with Gasteiger partial charge in [0.15, 0.2) is 0 Å². The fraction of sp³-hybridized carbons (Fsp3) is 0.514. The van der Waals surface area contributed by atoms with E-state index in [1.807, 2.05) is 56.3 Å². The molecule has 3 aliphatic rings. The van der Waals surface area contributed by atoms with E-state index in [9.17, 15) is 24.3 Å². The molecule has 47 heavy (non-hydrogen) atoms. The number of fused-ring (bicyclic) bond motifs is 2. The highest BCUT2D eigenvalue weighted by molar-refractivity contribution is 6.05. The van der Waals surface area contributed by atoms with E-state index in [0.29, 0.717) is 31.4 Å². The maximum Gasteiger partial charge on any atom is 0.312 e. The van der Waals surface area contributed by atoms with Gasteiger partial charge < -0.3 is 29.7 Å². The van der Waals surface area contributed by atoms with Gasteiger partial charge in [0.25, 0.3) is 5.91 Å². The number of esters is 1. The molecule has 10 nitrogen and oxygen atoms in total. The molecule has 1 spiro atoms. The molecule has 10 heteroatoms. The van der Waals surface area contributed by atoms with Crippen LogP contribution in [-0.4, -0.2) is 83.3 Å². The Morgan fingerprint density at radius 2 is 1.89 bits per heavy atom. The zero-order valence-electron chi connectivity index (χ0n) is 27.6. The van der Waals surface area contributed by atoms with Gasteiger partial charge in [-0.1, -0.05) is 56.3 Å². The number of carbonyl (C=O) groups excluding carboxylic acids is 4. The third-order valence-corrected chi connectivity index (χ3v) is 9.69. The van der Waals surface area contributed by atoms with Crippen LogP contribution in [0.15, 0.2) is 67.8 Å². The predicted molar refractivity (Wildman–Crippen MR) is 179 cm³/mol. The fourth-order valence-corrected chi connectivity index (χ4v) is 7.69. The van der Waals surface area contributed by atoms with E-state index in [4.69, 9.17) is 9.47 Å². The van der Waals surface area contributed by atoms with Crippen molar-refractivity contribution in [2.24, 2.45) is 17.8 Å². The number of aliphatic hydroxyl groups is 1. The highest BCUT2D eigenvalue weighted by Gasteiger charge is 2.75. The summed E-state index contributed by atoms with van der Waals surface area (Å²) >= 11 is 0. The Bertz CT molecular complexity index is 1520. The average molecular weight is 646 g/mol. The van der Waals surface area contributed by atoms with Crippen LogP contribution in [0.25, 0.3) is 10.8 Å². The SMILES string of the molecule is C=CCCC(=O)NC[C@H](C)OC(=O)[C@@H]1[C@H]2C(=O)N([C@@H](CO)CC(C)C)[C@H](C(=O)N(CC=C)c3ccc4ccccc4c3)[C@]23CC[C@H]1O3. The molecular formula is C37H47N3O7. The topological polar surface area (TPSA) is 125 Å². The van der Waals surface area contributed by atoms with Crippen molar-refractivity contribution in [2.75, 3.05) is 24.6 Å². The van der Waals surface area contributed by atoms with Crippen LogP contribution in [0.1, 0.15) is 52.9 Å². The maximum atomic E-state index is 14.9. The van der Waals surface area contributed by atoms with Gasteiger partial charge in [0.05, 0.1) is 37.1 Å². The first-order valence-corrected chi connectivity index (χ1v) is 16.7. The van der Waals surface area contributed by atoms with Crippen molar-refractivity contribution in [2.45, 2.75) is 82.8 Å². The predicted octanol–water partition coefficient (Wildman–Crippen LogP) is 4.15. The summed E-state index contributed by atoms with van der Waals surface area (Å²) in [4.78, 5) is 58.4. The highest BCUT2D eigenvalue weighted by atomic mass is 16.6. The Labute approximate surface area is 276 Å². The van der Waals surface area contributed by atoms with E-state index in [1.54, 1.807) is 24.0 Å². The van der Waals surface area contributed by atoms with E-state index in [0.717, 1.165) is 10.8 Å². The quantitative estimate of drug-likeness (QED) is 0.220. The number of likely N-dealkylation sites (tertiary alicyclic amines) is 1. The lowest BCUT2D eigenvalue weighted by Gasteiger charge is -2.39. The minimum Gasteiger partial charge on any atom is -0.460 e. The number of nitrogens with one attached hydrogen (secondary N) is 1. The Morgan fingerprint density at radius 3 is 2.57 bits per heavy atom. The van der Waals surface area contributed by atoms with Gasteiger partial charge in [0.1, 0.15) is 17.7 Å². The van der Waals surface area contributed by atoms with E-state index in [-0.39, 0.29) is 49.8 Å². The molecule has 0 unspecified atom stereocenters. The molecule has 3 aliphatic heterocycles. The third kappa shape index (κ3) is 6.58. The van der Waals surface area contributed by atoms with Gasteiger partial charge in [-0.2, -0.15) is 0 Å². The minimum absolute atomic E-state index is 0.124. The number of amides is 3. The first kappa shape index (κ1) is 34.3. The van der Waals surface area contributed by atoms with Crippen molar-refractivity contribution in [1.29, 1.82) is 0 Å². The normalized spacial score (nSPS) is 25.8. The molecule has 3 saturated heterocycles. The van der Waals surface area contributed by atoms with Crippen LogP contribution in [0.3, 0.4) is 0 Å². The lowest BCUT2D eigenvalue weighted by molar-refractivity contribution is -0.159. The largest absolute Gasteiger partial charge is 0.460 e. The Hall–Kier alpha value is -4.02. The number of aliphatic hydroxyl groups excluding tert-OH is 1. The molecule has 0 radical (unpaired) electrons. The van der Waals surface area contributed by atoms with Gasteiger partial charge in [-0.25, -0.2) is 0 Å². The van der Waals surface area contributed by atoms with E-state index < -0.39 is 47.7 Å². The van der Waals surface area contributed by atoms with Crippen LogP contribution in [0.2, 0.25) is 0 Å². The van der Waals surface area contributed by atoms with Crippen molar-refractivity contribution in [1.82, 2.24) is 10.2 Å². The van der Waals surface area contributed by atoms with Crippen LogP contribution in [0.5, 0.6) is 0 Å². The number of allylic oxidation sites excluding steroid dienone is 1. The number of hydrogen-bond donors (Lipinski definition) is 2. The number of ether oxygens (including phenoxy) is 2. The number of benzene rings is 2. The van der Waals surface area contributed by atoms with E-state index >= 15 is 0 Å². The molecule has 2 aromatic carbocycles. The van der Waals surface area contributed by atoms with Crippen molar-refractivity contribution >= 4 is 40.2 Å². The molecular weight excluding hydrogens is 598 g/mol. The summed E-state index contributed by atoms with van der Waals surface area (Å²) < 4.78 is 12.4. The molecule has 252 valence electrons. The lowest BCUT2D eigenvalue weighted by Crippen LogP contribution is -2.59. The zero-order chi connectivity index (χ0) is 33.9. The van der Waals surface area contributed by atoms with Crippen molar-refractivity contribution < 1.29 is 33.8 Å². The summed E-state index contributed by atoms with van der Waals surface area (Å²) in [6.07, 6.45) is 4.27. The molecule has 3 heterocycles. The third-order valence-electron chi connectivity index (χ3n) is 9.69. The summed E-state index contributed by atoms with van der Waals surface area (Å²) in [7, 11) is 0. The molecule has 5 rings (SSSR count). The zero-order valence-corrected chi connectivity index (χ0v) is 27.6. The number of nitrogens with zero attached hydrogens (tertiary/aromatic N) is 2. The molecule has 2 N–H and O–H groups in total. The molecule has 3 fully saturated rings. The smallest absolute Gasteiger partial charge is 0.312 e. The summed E-state index contributed by atoms with van der Waals surface area (Å²) in [6.45, 7) is 13.2. The molecule has 0 aromatic heterocycles. The first-order valence-electron chi connectivity index (χ1n) is 16.7. The van der Waals surface area contributed by atoms with Crippen LogP contribution >= 0.6 is 0 Å². The van der Waals surface area contributed by atoms with Gasteiger partial charge >= 0.3 is 5.97 Å². The Balaban J connectivity index is 1.48. The monoisotopic (exact) mass is 645 g/mol. The van der Waals surface area contributed by atoms with Gasteiger partial charge in [-0.05, 0) is 61.4 Å². The number of rotatable bonds is 15. The first-order chi connectivity index (χ1) is 22.6. The lowest BCUT2D eigenvalue weighted by atomic mass is 9.70. The number of hydrogen-bond acceptors (Lipinski definition) is 7. The Morgan fingerprint density at radius 1 is 1.15 bits per heavy atom. The van der Waals surface area contributed by atoms with Crippen LogP contribution in [0.4, 0.5) is 5.69 Å². The van der Waals surface area contributed by atoms with Crippen LogP contribution in [0, 0.1) is 17.8 Å². The number of anilines is 1. The highest BCUT2D eigenvalue weighted by Crippen LogP contribution is 2.59. The molecule has 7 atom stereocenters. The van der Waals surface area contributed by atoms with Crippen LogP contribution in [-0.2, 0) is 28.7 Å². The summed E-state index contributed by atoms with van der Waals surface area (Å²) in [5.74, 6) is -3.22. The molecule has 2 bridgehead atoms. The van der Waals surface area contributed by atoms with Crippen LogP contribution < -0.4 is 10.2 Å². The van der Waals surface area contributed by atoms with Crippen molar-refractivity contribution in [3.05, 3.63) is 67.8 Å². The van der Waals surface area contributed by atoms with Crippen molar-refractivity contribution in [3.63, 3.8) is 0 Å². The number of carbonyl (C=O) groups is 4. The summed E-state index contributed by atoms with van der Waals surface area (Å²) in [5.41, 5.74) is -0.608.